The minimum absolute atomic E-state index is 0.0545. The average molecular weight is 504 g/mol. The molecule has 3 heterocycles. The van der Waals surface area contributed by atoms with Gasteiger partial charge in [-0.2, -0.15) is 23.5 Å². The lowest BCUT2D eigenvalue weighted by Crippen LogP contribution is -2.35. The monoisotopic (exact) mass is 503 g/mol. The minimum atomic E-state index is -3.98. The highest BCUT2D eigenvalue weighted by Crippen LogP contribution is 2.31. The van der Waals surface area contributed by atoms with E-state index in [-0.39, 0.29) is 22.1 Å². The first kappa shape index (κ1) is 22.7. The fourth-order valence-electron chi connectivity index (χ4n) is 3.26. The zero-order valence-electron chi connectivity index (χ0n) is 18.2. The summed E-state index contributed by atoms with van der Waals surface area (Å²) in [4.78, 5) is 20.8. The normalized spacial score (nSPS) is 16.7. The molecule has 3 aromatic rings. The maximum absolute atomic E-state index is 12.6. The lowest BCUT2D eigenvalue weighted by Gasteiger charge is -2.20. The highest BCUT2D eigenvalue weighted by atomic mass is 32.2. The molecular weight excluding hydrogens is 486 g/mol. The molecule has 0 saturated heterocycles. The Bertz CT molecular complexity index is 1530. The van der Waals surface area contributed by atoms with Crippen molar-refractivity contribution in [1.29, 1.82) is 5.41 Å². The number of nitrogens with one attached hydrogen (secondary N) is 1. The van der Waals surface area contributed by atoms with E-state index >= 15 is 0 Å². The van der Waals surface area contributed by atoms with E-state index in [1.807, 2.05) is 13.0 Å². The summed E-state index contributed by atoms with van der Waals surface area (Å²) in [7, 11) is -3.98. The molecule has 0 bridgehead atoms. The average Bonchev–Trinajstić information content (AvgIpc) is 3.28. The first-order chi connectivity index (χ1) is 16.8. The molecule has 0 spiro atoms. The van der Waals surface area contributed by atoms with Crippen LogP contribution >= 0.6 is 11.8 Å². The fourth-order valence-corrected chi connectivity index (χ4v) is 5.08. The highest BCUT2D eigenvalue weighted by Gasteiger charge is 2.36. The van der Waals surface area contributed by atoms with Crippen LogP contribution in [0.15, 0.2) is 93.6 Å². The number of hydrazone groups is 1. The molecule has 1 amide bonds. The number of nitrogens with zero attached hydrogens (tertiary/aromatic N) is 4. The van der Waals surface area contributed by atoms with E-state index in [1.54, 1.807) is 42.7 Å². The standard InChI is InChI=1S/C24H17N5O4S2/c1-15-4-10-19(11-5-15)35(31,32)33-18-8-6-16(7-9-18)13-20-21(25)29-24(27-22(20)30)34-23(28-29)17-3-2-12-26-14-17/h2-14,25H,1H3/b20-13-,25-21?. The first-order valence-electron chi connectivity index (χ1n) is 10.3. The largest absolute Gasteiger partial charge is 0.379 e. The summed E-state index contributed by atoms with van der Waals surface area (Å²) in [6.07, 6.45) is 4.80. The van der Waals surface area contributed by atoms with E-state index in [1.165, 1.54) is 47.1 Å². The molecule has 174 valence electrons. The molecule has 2 aliphatic rings. The van der Waals surface area contributed by atoms with Gasteiger partial charge in [-0.1, -0.05) is 29.8 Å². The van der Waals surface area contributed by atoms with Gasteiger partial charge in [-0.3, -0.25) is 15.2 Å². The van der Waals surface area contributed by atoms with Gasteiger partial charge in [-0.25, -0.2) is 0 Å². The van der Waals surface area contributed by atoms with Crippen molar-refractivity contribution in [3.63, 3.8) is 0 Å². The Morgan fingerprint density at radius 3 is 2.49 bits per heavy atom. The number of amidine groups is 2. The number of pyridine rings is 1. The first-order valence-corrected chi connectivity index (χ1v) is 12.5. The van der Waals surface area contributed by atoms with Crippen molar-refractivity contribution < 1.29 is 17.4 Å². The van der Waals surface area contributed by atoms with Gasteiger partial charge in [0.15, 0.2) is 5.84 Å². The van der Waals surface area contributed by atoms with Crippen LogP contribution in [-0.4, -0.2) is 40.4 Å². The number of hydrogen-bond acceptors (Lipinski definition) is 8. The molecule has 11 heteroatoms. The van der Waals surface area contributed by atoms with Crippen LogP contribution in [0.5, 0.6) is 5.75 Å². The topological polar surface area (TPSA) is 125 Å². The van der Waals surface area contributed by atoms with Crippen molar-refractivity contribution in [1.82, 2.24) is 9.99 Å². The van der Waals surface area contributed by atoms with E-state index in [0.717, 1.165) is 11.1 Å². The maximum Gasteiger partial charge on any atom is 0.339 e. The van der Waals surface area contributed by atoms with Gasteiger partial charge in [-0.05, 0) is 66.7 Å². The van der Waals surface area contributed by atoms with Crippen molar-refractivity contribution in [2.75, 3.05) is 0 Å². The number of aliphatic imine (C=N–C) groups is 1. The van der Waals surface area contributed by atoms with Gasteiger partial charge in [0.05, 0.1) is 5.57 Å². The number of aryl methyl sites for hydroxylation is 1. The number of rotatable bonds is 5. The molecule has 2 aromatic carbocycles. The van der Waals surface area contributed by atoms with Crippen LogP contribution in [0.25, 0.3) is 6.08 Å². The second-order valence-corrected chi connectivity index (χ2v) is 10.1. The number of hydrogen-bond donors (Lipinski definition) is 1. The predicted octanol–water partition coefficient (Wildman–Crippen LogP) is 3.83. The molecule has 0 radical (unpaired) electrons. The van der Waals surface area contributed by atoms with Crippen LogP contribution in [0.2, 0.25) is 0 Å². The molecule has 1 aromatic heterocycles. The van der Waals surface area contributed by atoms with Crippen LogP contribution in [0, 0.1) is 12.3 Å². The Balaban J connectivity index is 1.35. The van der Waals surface area contributed by atoms with Crippen molar-refractivity contribution in [2.24, 2.45) is 10.1 Å². The molecule has 9 nitrogen and oxygen atoms in total. The number of aromatic nitrogens is 1. The third-order valence-corrected chi connectivity index (χ3v) is 7.29. The summed E-state index contributed by atoms with van der Waals surface area (Å²) in [5.41, 5.74) is 2.33. The van der Waals surface area contributed by atoms with Gasteiger partial charge < -0.3 is 4.18 Å². The number of fused-ring (bicyclic) bond motifs is 1. The Labute approximate surface area is 205 Å². The number of amides is 1. The van der Waals surface area contributed by atoms with Crippen molar-refractivity contribution in [2.45, 2.75) is 11.8 Å². The van der Waals surface area contributed by atoms with Gasteiger partial charge >= 0.3 is 10.1 Å². The van der Waals surface area contributed by atoms with Crippen LogP contribution in [0.3, 0.4) is 0 Å². The van der Waals surface area contributed by atoms with E-state index in [4.69, 9.17) is 9.59 Å². The molecule has 0 fully saturated rings. The van der Waals surface area contributed by atoms with E-state index < -0.39 is 16.0 Å². The van der Waals surface area contributed by atoms with Crippen molar-refractivity contribution >= 4 is 49.9 Å². The molecular formula is C24H17N5O4S2. The molecule has 0 aliphatic carbocycles. The zero-order chi connectivity index (χ0) is 24.6. The summed E-state index contributed by atoms with van der Waals surface area (Å²) in [5.74, 6) is -0.535. The van der Waals surface area contributed by atoms with Gasteiger partial charge in [0.2, 0.25) is 5.17 Å². The molecule has 0 atom stereocenters. The Kier molecular flexibility index (Phi) is 5.79. The lowest BCUT2D eigenvalue weighted by atomic mass is 10.1. The highest BCUT2D eigenvalue weighted by molar-refractivity contribution is 8.27. The summed E-state index contributed by atoms with van der Waals surface area (Å²) in [6, 6.07) is 16.1. The van der Waals surface area contributed by atoms with Crippen LogP contribution < -0.4 is 4.18 Å². The minimum Gasteiger partial charge on any atom is -0.379 e. The number of carbonyl (C=O) groups excluding carboxylic acids is 1. The molecule has 2 aliphatic heterocycles. The van der Waals surface area contributed by atoms with Gasteiger partial charge in [-0.15, -0.1) is 0 Å². The number of carbonyl (C=O) groups is 1. The third kappa shape index (κ3) is 4.63. The second-order valence-electron chi connectivity index (χ2n) is 7.59. The SMILES string of the molecule is Cc1ccc(S(=O)(=O)Oc2ccc(/C=C3/C(=N)N4N=C(c5cccnc5)SC4=NC3=O)cc2)cc1. The lowest BCUT2D eigenvalue weighted by molar-refractivity contribution is -0.114. The molecule has 5 rings (SSSR count). The maximum atomic E-state index is 12.6. The Morgan fingerprint density at radius 1 is 1.06 bits per heavy atom. The number of benzene rings is 2. The fraction of sp³-hybridized carbons (Fsp3) is 0.0417. The molecule has 35 heavy (non-hydrogen) atoms. The zero-order valence-corrected chi connectivity index (χ0v) is 19.9. The van der Waals surface area contributed by atoms with Gasteiger partial charge in [0.1, 0.15) is 15.7 Å². The smallest absolute Gasteiger partial charge is 0.339 e. The van der Waals surface area contributed by atoms with Crippen LogP contribution in [-0.2, 0) is 14.9 Å². The Hall–Kier alpha value is -4.09. The van der Waals surface area contributed by atoms with E-state index in [9.17, 15) is 13.2 Å². The third-order valence-electron chi connectivity index (χ3n) is 5.07. The Morgan fingerprint density at radius 2 is 1.80 bits per heavy atom. The molecule has 0 unspecified atom stereocenters. The summed E-state index contributed by atoms with van der Waals surface area (Å²) >= 11 is 1.19. The quantitative estimate of drug-likeness (QED) is 0.414. The summed E-state index contributed by atoms with van der Waals surface area (Å²) < 4.78 is 30.2. The number of thioether (sulfide) groups is 1. The van der Waals surface area contributed by atoms with Crippen LogP contribution in [0.4, 0.5) is 0 Å². The summed E-state index contributed by atoms with van der Waals surface area (Å²) in [5, 5.41) is 15.1. The van der Waals surface area contributed by atoms with Crippen molar-refractivity contribution in [3.05, 3.63) is 95.3 Å². The summed E-state index contributed by atoms with van der Waals surface area (Å²) in [6.45, 7) is 1.86. The van der Waals surface area contributed by atoms with E-state index in [2.05, 4.69) is 15.1 Å². The van der Waals surface area contributed by atoms with E-state index in [0.29, 0.717) is 15.8 Å². The predicted molar refractivity (Wildman–Crippen MR) is 134 cm³/mol. The second kappa shape index (κ2) is 8.93. The van der Waals surface area contributed by atoms with Gasteiger partial charge in [0, 0.05) is 18.0 Å². The molecule has 0 saturated carbocycles. The van der Waals surface area contributed by atoms with Crippen LogP contribution in [0.1, 0.15) is 16.7 Å². The molecule has 1 N–H and O–H groups in total. The van der Waals surface area contributed by atoms with Gasteiger partial charge in [0.25, 0.3) is 5.91 Å². The van der Waals surface area contributed by atoms with Crippen molar-refractivity contribution in [3.8, 4) is 5.75 Å².